The topological polar surface area (TPSA) is 67.3 Å². The smallest absolute Gasteiger partial charge is 0.282 e. The van der Waals surface area contributed by atoms with E-state index in [2.05, 4.69) is 23.6 Å². The Morgan fingerprint density at radius 3 is 2.06 bits per heavy atom. The van der Waals surface area contributed by atoms with Crippen LogP contribution in [0.5, 0.6) is 0 Å². The quantitative estimate of drug-likeness (QED) is 0.626. The van der Waals surface area contributed by atoms with Gasteiger partial charge in [0.1, 0.15) is 5.70 Å². The van der Waals surface area contributed by atoms with Crippen molar-refractivity contribution in [3.63, 3.8) is 0 Å². The highest BCUT2D eigenvalue weighted by Crippen LogP contribution is 2.35. The molecule has 7 nitrogen and oxygen atoms in total. The molecule has 0 aliphatic carbocycles. The number of hydrogen-bond donors (Lipinski definition) is 1. The summed E-state index contributed by atoms with van der Waals surface area (Å²) >= 11 is 0. The van der Waals surface area contributed by atoms with Crippen molar-refractivity contribution in [1.82, 2.24) is 9.80 Å². The summed E-state index contributed by atoms with van der Waals surface area (Å²) in [7, 11) is 0. The van der Waals surface area contributed by atoms with Gasteiger partial charge in [-0.15, -0.1) is 0 Å². The third kappa shape index (κ3) is 4.51. The number of imide groups is 1. The molecular formula is C26H32N4O3. The number of carbonyl (C=O) groups is 2. The summed E-state index contributed by atoms with van der Waals surface area (Å²) in [6.45, 7) is 9.49. The number of rotatable bonds is 8. The van der Waals surface area contributed by atoms with Gasteiger partial charge in [-0.2, -0.15) is 0 Å². The van der Waals surface area contributed by atoms with Crippen LogP contribution in [0.15, 0.2) is 60.3 Å². The predicted molar refractivity (Wildman–Crippen MR) is 131 cm³/mol. The van der Waals surface area contributed by atoms with Gasteiger partial charge >= 0.3 is 0 Å². The maximum absolute atomic E-state index is 13.7. The molecule has 2 aromatic carbocycles. The summed E-state index contributed by atoms with van der Waals surface area (Å²) in [4.78, 5) is 35.0. The Kier molecular flexibility index (Phi) is 7.11. The number of β-amino-alcohol motifs (C(OH)–C–C–N with tert-alkyl or cyclic N) is 1. The molecule has 4 rings (SSSR count). The summed E-state index contributed by atoms with van der Waals surface area (Å²) in [5, 5.41) is 9.24. The number of aliphatic hydroxyl groups excluding tert-OH is 1. The van der Waals surface area contributed by atoms with Crippen LogP contribution in [0.4, 0.5) is 11.4 Å². The van der Waals surface area contributed by atoms with Crippen LogP contribution in [-0.2, 0) is 9.59 Å². The molecule has 1 N–H and O–H groups in total. The lowest BCUT2D eigenvalue weighted by atomic mass is 10.0. The number of nitrogens with zero attached hydrogens (tertiary/aromatic N) is 4. The Morgan fingerprint density at radius 2 is 1.48 bits per heavy atom. The fourth-order valence-corrected chi connectivity index (χ4v) is 4.65. The average Bonchev–Trinajstić information content (AvgIpc) is 3.11. The van der Waals surface area contributed by atoms with Gasteiger partial charge in [0.2, 0.25) is 0 Å². The van der Waals surface area contributed by atoms with E-state index in [0.29, 0.717) is 36.6 Å². The minimum atomic E-state index is -0.283. The van der Waals surface area contributed by atoms with E-state index in [9.17, 15) is 14.7 Å². The minimum absolute atomic E-state index is 0.118. The van der Waals surface area contributed by atoms with E-state index in [1.54, 1.807) is 0 Å². The maximum Gasteiger partial charge on any atom is 0.282 e. The first-order valence-corrected chi connectivity index (χ1v) is 11.7. The normalized spacial score (nSPS) is 17.3. The Morgan fingerprint density at radius 1 is 0.848 bits per heavy atom. The molecule has 2 heterocycles. The SMILES string of the molecule is CCN(CC)c1ccc(N2C(=O)C(c3ccccc3)=C(N3CCN(CCO)CC3)C2=O)cc1. The molecule has 0 bridgehead atoms. The van der Waals surface area contributed by atoms with Gasteiger partial charge in [-0.05, 0) is 43.7 Å². The standard InChI is InChI=1S/C26H32N4O3/c1-3-28(4-2)21-10-12-22(13-11-21)30-25(32)23(20-8-6-5-7-9-20)24(26(30)33)29-16-14-27(15-17-29)18-19-31/h5-13,31H,3-4,14-19H2,1-2H3. The first-order valence-electron chi connectivity index (χ1n) is 11.7. The largest absolute Gasteiger partial charge is 0.395 e. The molecule has 0 aromatic heterocycles. The van der Waals surface area contributed by atoms with Gasteiger partial charge in [0.05, 0.1) is 17.9 Å². The van der Waals surface area contributed by atoms with Gasteiger partial charge in [0.25, 0.3) is 11.8 Å². The third-order valence-electron chi connectivity index (χ3n) is 6.46. The molecule has 0 spiro atoms. The third-order valence-corrected chi connectivity index (χ3v) is 6.46. The van der Waals surface area contributed by atoms with Gasteiger partial charge in [-0.3, -0.25) is 14.5 Å². The number of piperazine rings is 1. The number of hydrogen-bond acceptors (Lipinski definition) is 6. The number of carbonyl (C=O) groups excluding carboxylic acids is 2. The number of anilines is 2. The fraction of sp³-hybridized carbons (Fsp3) is 0.385. The van der Waals surface area contributed by atoms with Gasteiger partial charge in [-0.1, -0.05) is 30.3 Å². The molecule has 2 amide bonds. The van der Waals surface area contributed by atoms with Crippen LogP contribution in [0.2, 0.25) is 0 Å². The lowest BCUT2D eigenvalue weighted by Gasteiger charge is -2.36. The molecular weight excluding hydrogens is 416 g/mol. The zero-order valence-electron chi connectivity index (χ0n) is 19.4. The zero-order valence-corrected chi connectivity index (χ0v) is 19.4. The highest BCUT2D eigenvalue weighted by Gasteiger charge is 2.43. The second-order valence-electron chi connectivity index (χ2n) is 8.28. The van der Waals surface area contributed by atoms with Gasteiger partial charge in [-0.25, -0.2) is 4.90 Å². The Hall–Kier alpha value is -3.16. The monoisotopic (exact) mass is 448 g/mol. The van der Waals surface area contributed by atoms with E-state index in [4.69, 9.17) is 0 Å². The molecule has 1 fully saturated rings. The van der Waals surface area contributed by atoms with Crippen LogP contribution >= 0.6 is 0 Å². The molecule has 0 radical (unpaired) electrons. The molecule has 0 atom stereocenters. The molecule has 174 valence electrons. The van der Waals surface area contributed by atoms with Crippen molar-refractivity contribution in [3.8, 4) is 0 Å². The van der Waals surface area contributed by atoms with Crippen LogP contribution in [0.3, 0.4) is 0 Å². The molecule has 0 saturated carbocycles. The lowest BCUT2D eigenvalue weighted by Crippen LogP contribution is -2.48. The van der Waals surface area contributed by atoms with Crippen molar-refractivity contribution in [1.29, 1.82) is 0 Å². The summed E-state index contributed by atoms with van der Waals surface area (Å²) in [5.74, 6) is -0.556. The first kappa shape index (κ1) is 23.0. The summed E-state index contributed by atoms with van der Waals surface area (Å²) in [6, 6.07) is 17.1. The van der Waals surface area contributed by atoms with Gasteiger partial charge < -0.3 is 14.9 Å². The van der Waals surface area contributed by atoms with Crippen LogP contribution in [-0.4, -0.2) is 79.1 Å². The Labute approximate surface area is 195 Å². The van der Waals surface area contributed by atoms with Crippen molar-refractivity contribution in [2.75, 3.05) is 62.2 Å². The van der Waals surface area contributed by atoms with Crippen molar-refractivity contribution in [2.24, 2.45) is 0 Å². The fourth-order valence-electron chi connectivity index (χ4n) is 4.65. The second kappa shape index (κ2) is 10.2. The van der Waals surface area contributed by atoms with E-state index < -0.39 is 0 Å². The number of aliphatic hydroxyl groups is 1. The van der Waals surface area contributed by atoms with Crippen LogP contribution in [0.1, 0.15) is 19.4 Å². The van der Waals surface area contributed by atoms with E-state index in [1.165, 1.54) is 4.90 Å². The van der Waals surface area contributed by atoms with Crippen LogP contribution in [0.25, 0.3) is 5.57 Å². The van der Waals surface area contributed by atoms with Crippen LogP contribution < -0.4 is 9.80 Å². The molecule has 2 aliphatic heterocycles. The van der Waals surface area contributed by atoms with Gasteiger partial charge in [0.15, 0.2) is 0 Å². The molecule has 2 aliphatic rings. The van der Waals surface area contributed by atoms with Crippen LogP contribution in [0, 0.1) is 0 Å². The van der Waals surface area contributed by atoms with Crippen molar-refractivity contribution in [3.05, 3.63) is 65.9 Å². The number of benzene rings is 2. The highest BCUT2D eigenvalue weighted by molar-refractivity contribution is 6.45. The van der Waals surface area contributed by atoms with E-state index >= 15 is 0 Å². The van der Waals surface area contributed by atoms with Crippen molar-refractivity contribution in [2.45, 2.75) is 13.8 Å². The maximum atomic E-state index is 13.7. The summed E-state index contributed by atoms with van der Waals surface area (Å²) in [6.07, 6.45) is 0. The zero-order chi connectivity index (χ0) is 23.4. The van der Waals surface area contributed by atoms with E-state index in [1.807, 2.05) is 59.5 Å². The molecule has 1 saturated heterocycles. The Bertz CT molecular complexity index is 1010. The molecule has 33 heavy (non-hydrogen) atoms. The average molecular weight is 449 g/mol. The summed E-state index contributed by atoms with van der Waals surface area (Å²) in [5.41, 5.74) is 3.35. The van der Waals surface area contributed by atoms with E-state index in [0.717, 1.165) is 37.4 Å². The highest BCUT2D eigenvalue weighted by atomic mass is 16.3. The van der Waals surface area contributed by atoms with Crippen molar-refractivity contribution < 1.29 is 14.7 Å². The molecule has 0 unspecified atom stereocenters. The van der Waals surface area contributed by atoms with Crippen molar-refractivity contribution >= 4 is 28.8 Å². The lowest BCUT2D eigenvalue weighted by molar-refractivity contribution is -0.120. The van der Waals surface area contributed by atoms with E-state index in [-0.39, 0.29) is 18.4 Å². The first-order chi connectivity index (χ1) is 16.1. The molecule has 2 aromatic rings. The van der Waals surface area contributed by atoms with Gasteiger partial charge in [0, 0.05) is 51.5 Å². The molecule has 7 heteroatoms. The number of amides is 2. The predicted octanol–water partition coefficient (Wildman–Crippen LogP) is 2.43. The summed E-state index contributed by atoms with van der Waals surface area (Å²) < 4.78 is 0. The second-order valence-corrected chi connectivity index (χ2v) is 8.28. The minimum Gasteiger partial charge on any atom is -0.395 e. The Balaban J connectivity index is 1.67.